The highest BCUT2D eigenvalue weighted by molar-refractivity contribution is 6.00. The van der Waals surface area contributed by atoms with E-state index in [1.807, 2.05) is 73.7 Å². The largest absolute Gasteiger partial charge is 0.491 e. The number of pyridine rings is 1. The van der Waals surface area contributed by atoms with E-state index in [0.29, 0.717) is 77.4 Å². The number of carbonyl (C=O) groups is 4. The maximum absolute atomic E-state index is 13.1. The summed E-state index contributed by atoms with van der Waals surface area (Å²) in [4.78, 5) is 59.7. The van der Waals surface area contributed by atoms with E-state index in [1.165, 1.54) is 12.0 Å². The Kier molecular flexibility index (Phi) is 21.9. The van der Waals surface area contributed by atoms with Crippen molar-refractivity contribution in [2.75, 3.05) is 91.1 Å². The molecule has 0 radical (unpaired) electrons. The fourth-order valence-corrected chi connectivity index (χ4v) is 6.36. The summed E-state index contributed by atoms with van der Waals surface area (Å²) in [5.41, 5.74) is 11.0. The van der Waals surface area contributed by atoms with Gasteiger partial charge in [0.15, 0.2) is 0 Å². The predicted molar refractivity (Wildman–Crippen MR) is 244 cm³/mol. The lowest BCUT2D eigenvalue weighted by molar-refractivity contribution is -0.141. The van der Waals surface area contributed by atoms with E-state index in [-0.39, 0.29) is 38.3 Å². The summed E-state index contributed by atoms with van der Waals surface area (Å²) in [5.74, 6) is -0.249. The van der Waals surface area contributed by atoms with Gasteiger partial charge in [0, 0.05) is 36.0 Å². The first-order chi connectivity index (χ1) is 31.4. The average Bonchev–Trinajstić information content (AvgIpc) is 3.28. The molecule has 3 amide bonds. The van der Waals surface area contributed by atoms with Crippen LogP contribution in [-0.2, 0) is 42.8 Å². The van der Waals surface area contributed by atoms with Crippen molar-refractivity contribution in [3.8, 4) is 16.9 Å². The van der Waals surface area contributed by atoms with Crippen molar-refractivity contribution >= 4 is 40.5 Å². The highest BCUT2D eigenvalue weighted by Gasteiger charge is 2.25. The molecule has 0 fully saturated rings. The SMILES string of the molecule is COC(=O)C[C@H](NC(=O)CNC(=O)CCCN(C(=O)OC(C)(C)C)c1cc(C)ccn1)c1ccc(-c2ccc(OCCOCCOCCOCCOCCN=[N+]=[N-])c3ccccc23)cc1. The first kappa shape index (κ1) is 51.3. The topological polar surface area (TPSA) is 222 Å². The molecule has 1 aromatic heterocycles. The first-order valence-electron chi connectivity index (χ1n) is 21.5. The number of rotatable bonds is 28. The van der Waals surface area contributed by atoms with E-state index in [9.17, 15) is 19.2 Å². The molecule has 0 aliphatic heterocycles. The van der Waals surface area contributed by atoms with Gasteiger partial charge in [-0.15, -0.1) is 0 Å². The molecule has 18 nitrogen and oxygen atoms in total. The van der Waals surface area contributed by atoms with Crippen LogP contribution in [0.1, 0.15) is 57.2 Å². The molecule has 18 heteroatoms. The first-order valence-corrected chi connectivity index (χ1v) is 21.5. The number of carbonyl (C=O) groups excluding carboxylic acids is 4. The molecule has 0 aliphatic carbocycles. The number of amides is 3. The molecule has 1 heterocycles. The van der Waals surface area contributed by atoms with Crippen molar-refractivity contribution in [1.82, 2.24) is 15.6 Å². The van der Waals surface area contributed by atoms with E-state index in [2.05, 4.69) is 25.6 Å². The van der Waals surface area contributed by atoms with Gasteiger partial charge in [-0.1, -0.05) is 59.7 Å². The van der Waals surface area contributed by atoms with Crippen LogP contribution < -0.4 is 20.3 Å². The molecule has 0 unspecified atom stereocenters. The molecule has 2 N–H and O–H groups in total. The number of esters is 1. The summed E-state index contributed by atoms with van der Waals surface area (Å²) in [7, 11) is 1.28. The van der Waals surface area contributed by atoms with Gasteiger partial charge in [-0.2, -0.15) is 0 Å². The molecular weight excluding hydrogens is 839 g/mol. The number of azide groups is 1. The lowest BCUT2D eigenvalue weighted by Gasteiger charge is -2.27. The number of fused-ring (bicyclic) bond motifs is 1. The second kappa shape index (κ2) is 27.8. The molecular formula is C47H61N7O11. The maximum atomic E-state index is 13.1. The number of nitrogens with one attached hydrogen (secondary N) is 2. The van der Waals surface area contributed by atoms with Crippen molar-refractivity contribution < 1.29 is 52.3 Å². The van der Waals surface area contributed by atoms with E-state index in [0.717, 1.165) is 33.2 Å². The zero-order valence-corrected chi connectivity index (χ0v) is 37.9. The number of ether oxygens (including phenoxy) is 7. The number of anilines is 1. The monoisotopic (exact) mass is 899 g/mol. The molecule has 0 saturated carbocycles. The Morgan fingerprint density at radius 1 is 0.815 bits per heavy atom. The summed E-state index contributed by atoms with van der Waals surface area (Å²) in [5, 5.41) is 10.8. The van der Waals surface area contributed by atoms with Crippen molar-refractivity contribution in [1.29, 1.82) is 0 Å². The number of aromatic nitrogens is 1. The van der Waals surface area contributed by atoms with Gasteiger partial charge >= 0.3 is 12.1 Å². The summed E-state index contributed by atoms with van der Waals surface area (Å²) < 4.78 is 38.5. The van der Waals surface area contributed by atoms with Gasteiger partial charge in [0.05, 0.1) is 79.0 Å². The van der Waals surface area contributed by atoms with Gasteiger partial charge in [0.25, 0.3) is 0 Å². The van der Waals surface area contributed by atoms with Gasteiger partial charge in [0.1, 0.15) is 23.8 Å². The van der Waals surface area contributed by atoms with Crippen LogP contribution in [-0.4, -0.2) is 121 Å². The molecule has 65 heavy (non-hydrogen) atoms. The Bertz CT molecular complexity index is 2180. The lowest BCUT2D eigenvalue weighted by Crippen LogP contribution is -2.40. The Hall–Kier alpha value is -6.30. The van der Waals surface area contributed by atoms with E-state index >= 15 is 0 Å². The molecule has 0 saturated heterocycles. The second-order valence-corrected chi connectivity index (χ2v) is 15.6. The van der Waals surface area contributed by atoms with Crippen LogP contribution in [0.15, 0.2) is 84.1 Å². The zero-order valence-electron chi connectivity index (χ0n) is 37.9. The minimum Gasteiger partial charge on any atom is -0.491 e. The zero-order chi connectivity index (χ0) is 46.9. The van der Waals surface area contributed by atoms with Crippen LogP contribution in [0.5, 0.6) is 5.75 Å². The van der Waals surface area contributed by atoms with Crippen LogP contribution in [0.3, 0.4) is 0 Å². The number of aryl methyl sites for hydroxylation is 1. The van der Waals surface area contributed by atoms with Crippen molar-refractivity contribution in [3.63, 3.8) is 0 Å². The molecule has 0 bridgehead atoms. The third kappa shape index (κ3) is 18.8. The van der Waals surface area contributed by atoms with Crippen LogP contribution in [0.4, 0.5) is 10.6 Å². The molecule has 0 aliphatic rings. The van der Waals surface area contributed by atoms with Crippen LogP contribution in [0.2, 0.25) is 0 Å². The minimum atomic E-state index is -0.723. The molecule has 350 valence electrons. The molecule has 1 atom stereocenters. The van der Waals surface area contributed by atoms with Crippen LogP contribution in [0.25, 0.3) is 32.3 Å². The quantitative estimate of drug-likeness (QED) is 0.0193. The van der Waals surface area contributed by atoms with Crippen LogP contribution in [0, 0.1) is 6.92 Å². The van der Waals surface area contributed by atoms with Gasteiger partial charge < -0.3 is 43.8 Å². The number of methoxy groups -OCH3 is 1. The summed E-state index contributed by atoms with van der Waals surface area (Å²) in [6.45, 7) is 11.0. The molecule has 0 spiro atoms. The van der Waals surface area contributed by atoms with Crippen molar-refractivity contribution in [2.45, 2.75) is 58.6 Å². The lowest BCUT2D eigenvalue weighted by atomic mass is 9.95. The number of hydrogen-bond donors (Lipinski definition) is 2. The second-order valence-electron chi connectivity index (χ2n) is 15.6. The third-order valence-electron chi connectivity index (χ3n) is 9.47. The van der Waals surface area contributed by atoms with Gasteiger partial charge in [0.2, 0.25) is 11.8 Å². The third-order valence-corrected chi connectivity index (χ3v) is 9.47. The predicted octanol–water partition coefficient (Wildman–Crippen LogP) is 7.02. The number of nitrogens with zero attached hydrogens (tertiary/aromatic N) is 5. The standard InChI is InChI=1S/C47H61N7O11/c1-34-18-19-49-42(31-34)54(46(58)65-47(2,3)4)21-8-11-43(55)50-33-44(56)52-40(32-45(57)59-5)36-14-12-35(13-15-36)37-16-17-41(39-10-7-6-9-38(37)39)64-30-29-63-28-27-62-26-25-61-24-23-60-22-20-51-53-48/h6-7,9-10,12-19,31,40H,8,11,20-30,32-33H2,1-5H3,(H,50,55)(H,52,56)/t40-/m0/s1. The van der Waals surface area contributed by atoms with Crippen LogP contribution >= 0.6 is 0 Å². The van der Waals surface area contributed by atoms with Crippen molar-refractivity contribution in [2.24, 2.45) is 5.11 Å². The Balaban J connectivity index is 1.25. The fourth-order valence-electron chi connectivity index (χ4n) is 6.36. The van der Waals surface area contributed by atoms with Gasteiger partial charge in [-0.25, -0.2) is 9.78 Å². The average molecular weight is 900 g/mol. The molecule has 3 aromatic carbocycles. The summed E-state index contributed by atoms with van der Waals surface area (Å²) >= 11 is 0. The van der Waals surface area contributed by atoms with Gasteiger partial charge in [-0.05, 0) is 85.5 Å². The van der Waals surface area contributed by atoms with E-state index in [4.69, 9.17) is 38.7 Å². The Morgan fingerprint density at radius 2 is 1.46 bits per heavy atom. The van der Waals surface area contributed by atoms with Gasteiger partial charge in [-0.3, -0.25) is 19.3 Å². The van der Waals surface area contributed by atoms with E-state index in [1.54, 1.807) is 33.0 Å². The summed E-state index contributed by atoms with van der Waals surface area (Å²) in [6.07, 6.45) is 1.24. The number of hydrogen-bond acceptors (Lipinski definition) is 13. The normalized spacial score (nSPS) is 11.6. The highest BCUT2D eigenvalue weighted by atomic mass is 16.6. The smallest absolute Gasteiger partial charge is 0.416 e. The maximum Gasteiger partial charge on any atom is 0.416 e. The Labute approximate surface area is 379 Å². The number of benzene rings is 3. The van der Waals surface area contributed by atoms with Crippen molar-refractivity contribution in [3.05, 3.63) is 101 Å². The summed E-state index contributed by atoms with van der Waals surface area (Å²) in [6, 6.07) is 22.3. The minimum absolute atomic E-state index is 0.0401. The Morgan fingerprint density at radius 3 is 2.09 bits per heavy atom. The highest BCUT2D eigenvalue weighted by Crippen LogP contribution is 2.35. The molecule has 4 aromatic rings. The molecule has 4 rings (SSSR count). The van der Waals surface area contributed by atoms with E-state index < -0.39 is 29.6 Å². The fraction of sp³-hybridized carbons (Fsp3) is 0.468.